The first-order valence-electron chi connectivity index (χ1n) is 6.06. The van der Waals surface area contributed by atoms with Crippen LogP contribution in [0.5, 0.6) is 0 Å². The molecule has 1 aromatic heterocycles. The Hall–Kier alpha value is -2.21. The van der Waals surface area contributed by atoms with Gasteiger partial charge in [0.2, 0.25) is 0 Å². The first kappa shape index (κ1) is 15.2. The summed E-state index contributed by atoms with van der Waals surface area (Å²) in [7, 11) is 1.66. The van der Waals surface area contributed by atoms with E-state index in [1.165, 1.54) is 18.3 Å². The van der Waals surface area contributed by atoms with E-state index in [9.17, 15) is 13.6 Å². The van der Waals surface area contributed by atoms with Crippen molar-refractivity contribution in [3.8, 4) is 0 Å². The molecule has 0 aliphatic heterocycles. The van der Waals surface area contributed by atoms with Crippen LogP contribution in [-0.2, 0) is 6.54 Å². The van der Waals surface area contributed by atoms with Crippen molar-refractivity contribution < 1.29 is 13.6 Å². The van der Waals surface area contributed by atoms with Crippen LogP contribution in [0.3, 0.4) is 0 Å². The molecule has 1 aromatic carbocycles. The van der Waals surface area contributed by atoms with E-state index in [4.69, 9.17) is 11.6 Å². The lowest BCUT2D eigenvalue weighted by molar-refractivity contribution is 0.0950. The van der Waals surface area contributed by atoms with Gasteiger partial charge >= 0.3 is 0 Å². The Morgan fingerprint density at radius 1 is 1.29 bits per heavy atom. The van der Waals surface area contributed by atoms with Gasteiger partial charge in [0.15, 0.2) is 11.6 Å². The van der Waals surface area contributed by atoms with E-state index in [0.29, 0.717) is 16.4 Å². The number of rotatable bonds is 4. The summed E-state index contributed by atoms with van der Waals surface area (Å²) in [4.78, 5) is 15.9. The van der Waals surface area contributed by atoms with E-state index in [1.807, 2.05) is 0 Å². The minimum Gasteiger partial charge on any atom is -0.372 e. The zero-order valence-corrected chi connectivity index (χ0v) is 11.8. The maximum Gasteiger partial charge on any atom is 0.253 e. The Labute approximate surface area is 125 Å². The quantitative estimate of drug-likeness (QED) is 0.912. The molecule has 0 fully saturated rings. The number of nitrogens with zero attached hydrogens (tertiary/aromatic N) is 1. The van der Waals surface area contributed by atoms with Crippen LogP contribution >= 0.6 is 11.6 Å². The van der Waals surface area contributed by atoms with Gasteiger partial charge in [0.05, 0.1) is 10.6 Å². The lowest BCUT2D eigenvalue weighted by Gasteiger charge is -2.07. The summed E-state index contributed by atoms with van der Waals surface area (Å²) < 4.78 is 25.8. The van der Waals surface area contributed by atoms with Crippen LogP contribution in [0, 0.1) is 11.6 Å². The highest BCUT2D eigenvalue weighted by molar-refractivity contribution is 6.33. The molecule has 0 saturated carbocycles. The minimum atomic E-state index is -0.954. The fourth-order valence-electron chi connectivity index (χ4n) is 1.68. The molecule has 1 heterocycles. The molecular weight excluding hydrogens is 300 g/mol. The lowest BCUT2D eigenvalue weighted by Crippen LogP contribution is -2.23. The van der Waals surface area contributed by atoms with Crippen LogP contribution in [-0.4, -0.2) is 17.9 Å². The first-order valence-corrected chi connectivity index (χ1v) is 6.44. The molecule has 110 valence electrons. The summed E-state index contributed by atoms with van der Waals surface area (Å²) in [5, 5.41) is 5.68. The van der Waals surface area contributed by atoms with Crippen molar-refractivity contribution in [1.82, 2.24) is 10.3 Å². The third-order valence-corrected chi connectivity index (χ3v) is 3.07. The second-order valence-electron chi connectivity index (χ2n) is 4.24. The molecule has 2 aromatic rings. The third kappa shape index (κ3) is 3.66. The van der Waals surface area contributed by atoms with Gasteiger partial charge in [-0.25, -0.2) is 13.8 Å². The van der Waals surface area contributed by atoms with Gasteiger partial charge in [0.25, 0.3) is 5.91 Å². The number of halogens is 3. The third-order valence-electron chi connectivity index (χ3n) is 2.78. The molecule has 2 rings (SSSR count). The molecule has 0 atom stereocenters. The summed E-state index contributed by atoms with van der Waals surface area (Å²) in [5.41, 5.74) is 0.731. The standard InChI is InChI=1S/C14H12ClF2N3O/c1-18-13-10(15)5-9(7-19-13)14(21)20-6-8-2-3-11(16)12(17)4-8/h2-5,7H,6H2,1H3,(H,18,19)(H,20,21). The number of benzene rings is 1. The van der Waals surface area contributed by atoms with Gasteiger partial charge < -0.3 is 10.6 Å². The number of hydrogen-bond donors (Lipinski definition) is 2. The van der Waals surface area contributed by atoms with Crippen molar-refractivity contribution in [2.75, 3.05) is 12.4 Å². The smallest absolute Gasteiger partial charge is 0.253 e. The topological polar surface area (TPSA) is 54.0 Å². The number of hydrogen-bond acceptors (Lipinski definition) is 3. The molecule has 0 spiro atoms. The molecule has 0 radical (unpaired) electrons. The monoisotopic (exact) mass is 311 g/mol. The fraction of sp³-hybridized carbons (Fsp3) is 0.143. The van der Waals surface area contributed by atoms with E-state index < -0.39 is 17.5 Å². The molecule has 4 nitrogen and oxygen atoms in total. The number of aromatic nitrogens is 1. The van der Waals surface area contributed by atoms with E-state index in [1.54, 1.807) is 7.05 Å². The van der Waals surface area contributed by atoms with Crippen molar-refractivity contribution in [1.29, 1.82) is 0 Å². The van der Waals surface area contributed by atoms with Crippen LogP contribution in [0.25, 0.3) is 0 Å². The molecule has 0 unspecified atom stereocenters. The number of pyridine rings is 1. The Morgan fingerprint density at radius 3 is 2.67 bits per heavy atom. The Bertz CT molecular complexity index is 679. The molecule has 0 aliphatic carbocycles. The number of amides is 1. The summed E-state index contributed by atoms with van der Waals surface area (Å²) in [6, 6.07) is 4.91. The Morgan fingerprint density at radius 2 is 2.05 bits per heavy atom. The Balaban J connectivity index is 2.04. The van der Waals surface area contributed by atoms with Crippen molar-refractivity contribution in [2.24, 2.45) is 0 Å². The molecule has 7 heteroatoms. The van der Waals surface area contributed by atoms with Crippen molar-refractivity contribution in [2.45, 2.75) is 6.54 Å². The summed E-state index contributed by atoms with van der Waals surface area (Å²) in [5.74, 6) is -1.82. The van der Waals surface area contributed by atoms with Crippen molar-refractivity contribution in [3.63, 3.8) is 0 Å². The molecule has 0 bridgehead atoms. The summed E-state index contributed by atoms with van der Waals surface area (Å²) >= 11 is 5.93. The predicted molar refractivity (Wildman–Crippen MR) is 76.3 cm³/mol. The van der Waals surface area contributed by atoms with E-state index >= 15 is 0 Å². The van der Waals surface area contributed by atoms with Gasteiger partial charge in [-0.3, -0.25) is 4.79 Å². The number of anilines is 1. The van der Waals surface area contributed by atoms with Crippen LogP contribution < -0.4 is 10.6 Å². The maximum atomic E-state index is 13.0. The maximum absolute atomic E-state index is 13.0. The second kappa shape index (κ2) is 6.49. The largest absolute Gasteiger partial charge is 0.372 e. The summed E-state index contributed by atoms with van der Waals surface area (Å²) in [6.45, 7) is 0.0709. The van der Waals surface area contributed by atoms with Gasteiger partial charge in [-0.1, -0.05) is 17.7 Å². The second-order valence-corrected chi connectivity index (χ2v) is 4.64. The number of nitrogens with one attached hydrogen (secondary N) is 2. The van der Waals surface area contributed by atoms with Crippen LogP contribution in [0.4, 0.5) is 14.6 Å². The zero-order valence-electron chi connectivity index (χ0n) is 11.1. The molecule has 0 aliphatic rings. The van der Waals surface area contributed by atoms with Gasteiger partial charge in [-0.2, -0.15) is 0 Å². The Kier molecular flexibility index (Phi) is 4.70. The van der Waals surface area contributed by atoms with Crippen molar-refractivity contribution in [3.05, 3.63) is 58.2 Å². The van der Waals surface area contributed by atoms with Crippen LogP contribution in [0.1, 0.15) is 15.9 Å². The van der Waals surface area contributed by atoms with Gasteiger partial charge in [-0.05, 0) is 23.8 Å². The minimum absolute atomic E-state index is 0.0709. The number of carbonyl (C=O) groups is 1. The average molecular weight is 312 g/mol. The highest BCUT2D eigenvalue weighted by Gasteiger charge is 2.10. The number of carbonyl (C=O) groups excluding carboxylic acids is 1. The average Bonchev–Trinajstić information content (AvgIpc) is 2.48. The highest BCUT2D eigenvalue weighted by Crippen LogP contribution is 2.19. The summed E-state index contributed by atoms with van der Waals surface area (Å²) in [6.07, 6.45) is 1.37. The van der Waals surface area contributed by atoms with Crippen LogP contribution in [0.15, 0.2) is 30.5 Å². The van der Waals surface area contributed by atoms with Crippen molar-refractivity contribution >= 4 is 23.3 Å². The van der Waals surface area contributed by atoms with Gasteiger partial charge in [0, 0.05) is 19.8 Å². The normalized spacial score (nSPS) is 10.3. The lowest BCUT2D eigenvalue weighted by atomic mass is 10.2. The van der Waals surface area contributed by atoms with Gasteiger partial charge in [-0.15, -0.1) is 0 Å². The zero-order chi connectivity index (χ0) is 15.4. The molecule has 0 saturated heterocycles. The van der Waals surface area contributed by atoms with Crippen LogP contribution in [0.2, 0.25) is 5.02 Å². The SMILES string of the molecule is CNc1ncc(C(=O)NCc2ccc(F)c(F)c2)cc1Cl. The van der Waals surface area contributed by atoms with Gasteiger partial charge in [0.1, 0.15) is 5.82 Å². The molecule has 2 N–H and O–H groups in total. The molecular formula is C14H12ClF2N3O. The van der Waals surface area contributed by atoms with E-state index in [-0.39, 0.29) is 12.1 Å². The molecule has 1 amide bonds. The van der Waals surface area contributed by atoms with E-state index in [0.717, 1.165) is 12.1 Å². The predicted octanol–water partition coefficient (Wildman–Crippen LogP) is 2.98. The molecule has 21 heavy (non-hydrogen) atoms. The highest BCUT2D eigenvalue weighted by atomic mass is 35.5. The fourth-order valence-corrected chi connectivity index (χ4v) is 1.94. The van der Waals surface area contributed by atoms with E-state index in [2.05, 4.69) is 15.6 Å². The first-order chi connectivity index (χ1) is 10.0.